The van der Waals surface area contributed by atoms with Gasteiger partial charge in [0.2, 0.25) is 0 Å². The number of ether oxygens (including phenoxy) is 1. The average molecular weight is 284 g/mol. The van der Waals surface area contributed by atoms with Crippen molar-refractivity contribution in [1.82, 2.24) is 0 Å². The second kappa shape index (κ2) is 6.64. The standard InChI is InChI=1S/C18H24N2O/c1-13-5-7-17(14(2)9-13)20(3)12-15-6-8-18(21-4)16(10-15)11-19/h5-10H,11-12,19H2,1-4H3. The molecule has 0 aliphatic rings. The number of hydrogen-bond acceptors (Lipinski definition) is 3. The lowest BCUT2D eigenvalue weighted by Gasteiger charge is -2.22. The second-order valence-electron chi connectivity index (χ2n) is 5.50. The lowest BCUT2D eigenvalue weighted by molar-refractivity contribution is 0.409. The lowest BCUT2D eigenvalue weighted by atomic mass is 10.1. The Hall–Kier alpha value is -2.00. The normalized spacial score (nSPS) is 10.5. The summed E-state index contributed by atoms with van der Waals surface area (Å²) < 4.78 is 5.32. The minimum atomic E-state index is 0.490. The molecule has 112 valence electrons. The Balaban J connectivity index is 2.21. The molecule has 0 unspecified atom stereocenters. The van der Waals surface area contributed by atoms with Crippen molar-refractivity contribution < 1.29 is 4.74 Å². The highest BCUT2D eigenvalue weighted by atomic mass is 16.5. The van der Waals surface area contributed by atoms with E-state index in [1.165, 1.54) is 22.4 Å². The number of hydrogen-bond donors (Lipinski definition) is 1. The molecule has 2 aromatic rings. The molecule has 3 heteroatoms. The van der Waals surface area contributed by atoms with Gasteiger partial charge >= 0.3 is 0 Å². The number of nitrogens with two attached hydrogens (primary N) is 1. The highest BCUT2D eigenvalue weighted by molar-refractivity contribution is 5.54. The Kier molecular flexibility index (Phi) is 4.86. The van der Waals surface area contributed by atoms with E-state index in [0.29, 0.717) is 6.54 Å². The molecule has 0 heterocycles. The van der Waals surface area contributed by atoms with E-state index in [2.05, 4.69) is 56.1 Å². The van der Waals surface area contributed by atoms with Crippen LogP contribution in [-0.2, 0) is 13.1 Å². The Labute approximate surface area is 127 Å². The first-order valence-electron chi connectivity index (χ1n) is 7.19. The van der Waals surface area contributed by atoms with Crippen molar-refractivity contribution in [3.8, 4) is 5.75 Å². The predicted octanol–water partition coefficient (Wildman–Crippen LogP) is 3.41. The number of aryl methyl sites for hydroxylation is 2. The smallest absolute Gasteiger partial charge is 0.123 e. The van der Waals surface area contributed by atoms with Gasteiger partial charge in [0.05, 0.1) is 7.11 Å². The summed E-state index contributed by atoms with van der Waals surface area (Å²) in [7, 11) is 3.79. The molecule has 0 radical (unpaired) electrons. The van der Waals surface area contributed by atoms with Crippen LogP contribution in [-0.4, -0.2) is 14.2 Å². The molecule has 0 fully saturated rings. The maximum absolute atomic E-state index is 5.78. The summed E-state index contributed by atoms with van der Waals surface area (Å²) in [6.45, 7) is 5.61. The van der Waals surface area contributed by atoms with Crippen LogP contribution in [0.2, 0.25) is 0 Å². The molecule has 0 aromatic heterocycles. The maximum Gasteiger partial charge on any atom is 0.123 e. The molecule has 0 saturated heterocycles. The first kappa shape index (κ1) is 15.4. The largest absolute Gasteiger partial charge is 0.496 e. The molecule has 0 saturated carbocycles. The molecular formula is C18H24N2O. The van der Waals surface area contributed by atoms with Gasteiger partial charge in [0.15, 0.2) is 0 Å². The van der Waals surface area contributed by atoms with E-state index in [0.717, 1.165) is 17.9 Å². The quantitative estimate of drug-likeness (QED) is 0.914. The number of nitrogens with zero attached hydrogens (tertiary/aromatic N) is 1. The molecule has 2 N–H and O–H groups in total. The first-order chi connectivity index (χ1) is 10.0. The van der Waals surface area contributed by atoms with Crippen LogP contribution in [0.5, 0.6) is 5.75 Å². The number of anilines is 1. The third kappa shape index (κ3) is 3.56. The Morgan fingerprint density at radius 3 is 2.48 bits per heavy atom. The van der Waals surface area contributed by atoms with Gasteiger partial charge < -0.3 is 15.4 Å². The van der Waals surface area contributed by atoms with Crippen molar-refractivity contribution >= 4 is 5.69 Å². The zero-order chi connectivity index (χ0) is 15.4. The fourth-order valence-electron chi connectivity index (χ4n) is 2.68. The fraction of sp³-hybridized carbons (Fsp3) is 0.333. The van der Waals surface area contributed by atoms with Crippen LogP contribution in [0.4, 0.5) is 5.69 Å². The molecule has 0 aliphatic carbocycles. The van der Waals surface area contributed by atoms with Crippen molar-refractivity contribution in [1.29, 1.82) is 0 Å². The van der Waals surface area contributed by atoms with Crippen molar-refractivity contribution in [2.75, 3.05) is 19.1 Å². The van der Waals surface area contributed by atoms with Gasteiger partial charge in [0, 0.05) is 31.4 Å². The second-order valence-corrected chi connectivity index (χ2v) is 5.50. The third-order valence-electron chi connectivity index (χ3n) is 3.75. The summed E-state index contributed by atoms with van der Waals surface area (Å²) >= 11 is 0. The van der Waals surface area contributed by atoms with Crippen LogP contribution >= 0.6 is 0 Å². The minimum Gasteiger partial charge on any atom is -0.496 e. The van der Waals surface area contributed by atoms with Gasteiger partial charge in [-0.05, 0) is 43.2 Å². The molecule has 0 bridgehead atoms. The van der Waals surface area contributed by atoms with Crippen LogP contribution in [0.15, 0.2) is 36.4 Å². The van der Waals surface area contributed by atoms with E-state index < -0.39 is 0 Å². The van der Waals surface area contributed by atoms with Gasteiger partial charge in [0.1, 0.15) is 5.75 Å². The van der Waals surface area contributed by atoms with E-state index in [4.69, 9.17) is 10.5 Å². The highest BCUT2D eigenvalue weighted by Gasteiger charge is 2.08. The summed E-state index contributed by atoms with van der Waals surface area (Å²) in [4.78, 5) is 2.26. The van der Waals surface area contributed by atoms with Crippen molar-refractivity contribution in [2.45, 2.75) is 26.9 Å². The predicted molar refractivity (Wildman–Crippen MR) is 88.9 cm³/mol. The van der Waals surface area contributed by atoms with E-state index in [1.54, 1.807) is 7.11 Å². The zero-order valence-electron chi connectivity index (χ0n) is 13.3. The van der Waals surface area contributed by atoms with Crippen molar-refractivity contribution in [3.63, 3.8) is 0 Å². The molecule has 3 nitrogen and oxygen atoms in total. The lowest BCUT2D eigenvalue weighted by Crippen LogP contribution is -2.17. The molecular weight excluding hydrogens is 260 g/mol. The molecule has 21 heavy (non-hydrogen) atoms. The fourth-order valence-corrected chi connectivity index (χ4v) is 2.68. The Morgan fingerprint density at radius 1 is 1.10 bits per heavy atom. The zero-order valence-corrected chi connectivity index (χ0v) is 13.3. The van der Waals surface area contributed by atoms with Gasteiger partial charge in [-0.3, -0.25) is 0 Å². The number of methoxy groups -OCH3 is 1. The topological polar surface area (TPSA) is 38.5 Å². The first-order valence-corrected chi connectivity index (χ1v) is 7.19. The SMILES string of the molecule is COc1ccc(CN(C)c2ccc(C)cc2C)cc1CN. The third-order valence-corrected chi connectivity index (χ3v) is 3.75. The highest BCUT2D eigenvalue weighted by Crippen LogP contribution is 2.24. The van der Waals surface area contributed by atoms with E-state index in [1.807, 2.05) is 6.07 Å². The Bertz CT molecular complexity index is 623. The summed E-state index contributed by atoms with van der Waals surface area (Å²) in [6, 6.07) is 12.8. The van der Waals surface area contributed by atoms with Crippen LogP contribution in [0, 0.1) is 13.8 Å². The van der Waals surface area contributed by atoms with Crippen LogP contribution in [0.1, 0.15) is 22.3 Å². The van der Waals surface area contributed by atoms with Gasteiger partial charge in [-0.2, -0.15) is 0 Å². The monoisotopic (exact) mass is 284 g/mol. The van der Waals surface area contributed by atoms with Crippen LogP contribution < -0.4 is 15.4 Å². The van der Waals surface area contributed by atoms with Gasteiger partial charge in [-0.25, -0.2) is 0 Å². The van der Waals surface area contributed by atoms with Crippen molar-refractivity contribution in [3.05, 3.63) is 58.7 Å². The van der Waals surface area contributed by atoms with Gasteiger partial charge in [0.25, 0.3) is 0 Å². The number of rotatable bonds is 5. The van der Waals surface area contributed by atoms with Gasteiger partial charge in [-0.1, -0.05) is 23.8 Å². The summed E-state index contributed by atoms with van der Waals surface area (Å²) in [5.41, 5.74) is 11.9. The summed E-state index contributed by atoms with van der Waals surface area (Å²) in [5.74, 6) is 0.857. The molecule has 2 aromatic carbocycles. The maximum atomic E-state index is 5.78. The molecule has 0 atom stereocenters. The van der Waals surface area contributed by atoms with E-state index in [-0.39, 0.29) is 0 Å². The van der Waals surface area contributed by atoms with Gasteiger partial charge in [-0.15, -0.1) is 0 Å². The average Bonchev–Trinajstić information content (AvgIpc) is 2.46. The summed E-state index contributed by atoms with van der Waals surface area (Å²) in [5, 5.41) is 0. The molecule has 2 rings (SSSR count). The van der Waals surface area contributed by atoms with Crippen LogP contribution in [0.25, 0.3) is 0 Å². The minimum absolute atomic E-state index is 0.490. The summed E-state index contributed by atoms with van der Waals surface area (Å²) in [6.07, 6.45) is 0. The Morgan fingerprint density at radius 2 is 1.86 bits per heavy atom. The van der Waals surface area contributed by atoms with Crippen LogP contribution in [0.3, 0.4) is 0 Å². The van der Waals surface area contributed by atoms with E-state index in [9.17, 15) is 0 Å². The molecule has 0 amide bonds. The molecule has 0 spiro atoms. The van der Waals surface area contributed by atoms with E-state index >= 15 is 0 Å². The number of benzene rings is 2. The molecule has 0 aliphatic heterocycles. The van der Waals surface area contributed by atoms with Crippen molar-refractivity contribution in [2.24, 2.45) is 5.73 Å².